The number of aliphatic hydroxyl groups is 1. The van der Waals surface area contributed by atoms with E-state index in [-0.39, 0.29) is 12.2 Å². The van der Waals surface area contributed by atoms with Gasteiger partial charge in [-0.15, -0.1) is 0 Å². The van der Waals surface area contributed by atoms with E-state index in [2.05, 4.69) is 19.9 Å². The Balaban J connectivity index is 3.94. The molecule has 0 saturated carbocycles. The van der Waals surface area contributed by atoms with Gasteiger partial charge in [0.15, 0.2) is 0 Å². The fraction of sp³-hybridized carbons (Fsp3) is 0.818. The molecule has 1 unspecified atom stereocenters. The molecule has 0 radical (unpaired) electrons. The van der Waals surface area contributed by atoms with Crippen molar-refractivity contribution < 1.29 is 9.84 Å². The van der Waals surface area contributed by atoms with E-state index < -0.39 is 0 Å². The Labute approximate surface area is 81.6 Å². The summed E-state index contributed by atoms with van der Waals surface area (Å²) >= 11 is 0. The zero-order valence-electron chi connectivity index (χ0n) is 9.05. The molecule has 2 heteroatoms. The van der Waals surface area contributed by atoms with E-state index >= 15 is 0 Å². The van der Waals surface area contributed by atoms with Gasteiger partial charge in [0.25, 0.3) is 0 Å². The Hall–Kier alpha value is -0.340. The number of hydrogen-bond donors (Lipinski definition) is 1. The molecular formula is C11H22O2. The standard InChI is InChI=1S/C11H22O2/c1-4-5-8-11(2,13-3)9-6-7-10-12/h6,9,12H,4-5,7-8,10H2,1-3H3. The first-order chi connectivity index (χ1) is 6.18. The Morgan fingerprint density at radius 1 is 1.46 bits per heavy atom. The molecule has 0 aromatic rings. The van der Waals surface area contributed by atoms with Crippen LogP contribution in [0.3, 0.4) is 0 Å². The highest BCUT2D eigenvalue weighted by Crippen LogP contribution is 2.19. The van der Waals surface area contributed by atoms with Crippen LogP contribution in [0.25, 0.3) is 0 Å². The van der Waals surface area contributed by atoms with Gasteiger partial charge in [-0.25, -0.2) is 0 Å². The zero-order valence-corrected chi connectivity index (χ0v) is 9.05. The van der Waals surface area contributed by atoms with Gasteiger partial charge in [0, 0.05) is 13.7 Å². The van der Waals surface area contributed by atoms with E-state index in [9.17, 15) is 0 Å². The third-order valence-electron chi connectivity index (χ3n) is 2.26. The molecule has 13 heavy (non-hydrogen) atoms. The Morgan fingerprint density at radius 3 is 2.62 bits per heavy atom. The predicted octanol–water partition coefficient (Wildman–Crippen LogP) is 2.52. The van der Waals surface area contributed by atoms with Crippen LogP contribution in [-0.2, 0) is 4.74 Å². The monoisotopic (exact) mass is 186 g/mol. The van der Waals surface area contributed by atoms with Gasteiger partial charge in [0.2, 0.25) is 0 Å². The lowest BCUT2D eigenvalue weighted by molar-refractivity contribution is 0.0392. The van der Waals surface area contributed by atoms with Crippen molar-refractivity contribution in [2.75, 3.05) is 13.7 Å². The third-order valence-corrected chi connectivity index (χ3v) is 2.26. The normalized spacial score (nSPS) is 16.3. The first-order valence-corrected chi connectivity index (χ1v) is 5.02. The van der Waals surface area contributed by atoms with Gasteiger partial charge < -0.3 is 9.84 Å². The van der Waals surface area contributed by atoms with Gasteiger partial charge in [0.05, 0.1) is 5.60 Å². The number of hydrogen-bond acceptors (Lipinski definition) is 2. The van der Waals surface area contributed by atoms with Gasteiger partial charge in [0.1, 0.15) is 0 Å². The molecule has 2 nitrogen and oxygen atoms in total. The lowest BCUT2D eigenvalue weighted by atomic mass is 9.98. The van der Waals surface area contributed by atoms with E-state index in [0.29, 0.717) is 6.42 Å². The lowest BCUT2D eigenvalue weighted by Crippen LogP contribution is -2.24. The Morgan fingerprint density at radius 2 is 2.15 bits per heavy atom. The van der Waals surface area contributed by atoms with Crippen LogP contribution in [0.4, 0.5) is 0 Å². The summed E-state index contributed by atoms with van der Waals surface area (Å²) < 4.78 is 5.42. The highest BCUT2D eigenvalue weighted by Gasteiger charge is 2.17. The van der Waals surface area contributed by atoms with Crippen LogP contribution in [0.15, 0.2) is 12.2 Å². The summed E-state index contributed by atoms with van der Waals surface area (Å²) in [5.41, 5.74) is -0.148. The van der Waals surface area contributed by atoms with E-state index in [4.69, 9.17) is 9.84 Å². The van der Waals surface area contributed by atoms with Gasteiger partial charge in [-0.3, -0.25) is 0 Å². The predicted molar refractivity (Wildman–Crippen MR) is 55.8 cm³/mol. The fourth-order valence-corrected chi connectivity index (χ4v) is 1.19. The Kier molecular flexibility index (Phi) is 6.92. The molecule has 0 amide bonds. The molecule has 0 bridgehead atoms. The minimum Gasteiger partial charge on any atom is -0.396 e. The van der Waals surface area contributed by atoms with Crippen molar-refractivity contribution in [1.82, 2.24) is 0 Å². The van der Waals surface area contributed by atoms with Gasteiger partial charge in [-0.2, -0.15) is 0 Å². The van der Waals surface area contributed by atoms with E-state index in [1.807, 2.05) is 6.08 Å². The highest BCUT2D eigenvalue weighted by molar-refractivity contribution is 4.99. The SMILES string of the molecule is CCCCC(C)(C=CCCO)OC. The van der Waals surface area contributed by atoms with Crippen molar-refractivity contribution in [1.29, 1.82) is 0 Å². The van der Waals surface area contributed by atoms with Crippen LogP contribution in [0.1, 0.15) is 39.5 Å². The number of aliphatic hydroxyl groups excluding tert-OH is 1. The Bertz CT molecular complexity index is 143. The number of rotatable bonds is 7. The molecular weight excluding hydrogens is 164 g/mol. The summed E-state index contributed by atoms with van der Waals surface area (Å²) in [6.45, 7) is 4.47. The average Bonchev–Trinajstić information content (AvgIpc) is 2.15. The first kappa shape index (κ1) is 12.7. The van der Waals surface area contributed by atoms with Crippen molar-refractivity contribution in [3.8, 4) is 0 Å². The summed E-state index contributed by atoms with van der Waals surface area (Å²) in [5, 5.41) is 8.62. The van der Waals surface area contributed by atoms with Crippen LogP contribution in [0.2, 0.25) is 0 Å². The van der Waals surface area contributed by atoms with Gasteiger partial charge >= 0.3 is 0 Å². The van der Waals surface area contributed by atoms with Crippen LogP contribution in [0, 0.1) is 0 Å². The van der Waals surface area contributed by atoms with Gasteiger partial charge in [-0.1, -0.05) is 31.9 Å². The highest BCUT2D eigenvalue weighted by atomic mass is 16.5. The van der Waals surface area contributed by atoms with E-state index in [0.717, 1.165) is 6.42 Å². The molecule has 78 valence electrons. The maximum absolute atomic E-state index is 8.62. The molecule has 1 N–H and O–H groups in total. The summed E-state index contributed by atoms with van der Waals surface area (Å²) in [5.74, 6) is 0. The first-order valence-electron chi connectivity index (χ1n) is 5.02. The molecule has 0 heterocycles. The second kappa shape index (κ2) is 7.10. The zero-order chi connectivity index (χ0) is 10.2. The van der Waals surface area contributed by atoms with Crippen molar-refractivity contribution in [2.45, 2.75) is 45.1 Å². The number of methoxy groups -OCH3 is 1. The maximum Gasteiger partial charge on any atom is 0.0830 e. The molecule has 0 aliphatic heterocycles. The van der Waals surface area contributed by atoms with Crippen molar-refractivity contribution in [2.24, 2.45) is 0 Å². The largest absolute Gasteiger partial charge is 0.396 e. The van der Waals surface area contributed by atoms with Crippen molar-refractivity contribution in [3.05, 3.63) is 12.2 Å². The molecule has 0 aliphatic carbocycles. The average molecular weight is 186 g/mol. The molecule has 1 atom stereocenters. The molecule has 0 fully saturated rings. The van der Waals surface area contributed by atoms with Crippen LogP contribution < -0.4 is 0 Å². The summed E-state index contributed by atoms with van der Waals surface area (Å²) in [4.78, 5) is 0. The van der Waals surface area contributed by atoms with Crippen LogP contribution in [0.5, 0.6) is 0 Å². The lowest BCUT2D eigenvalue weighted by Gasteiger charge is -2.24. The number of ether oxygens (including phenoxy) is 1. The molecule has 0 saturated heterocycles. The van der Waals surface area contributed by atoms with Crippen molar-refractivity contribution >= 4 is 0 Å². The van der Waals surface area contributed by atoms with Crippen LogP contribution in [-0.4, -0.2) is 24.4 Å². The molecule has 0 aromatic carbocycles. The summed E-state index contributed by atoms with van der Waals surface area (Å²) in [6, 6.07) is 0. The fourth-order valence-electron chi connectivity index (χ4n) is 1.19. The quantitative estimate of drug-likeness (QED) is 0.619. The van der Waals surface area contributed by atoms with Gasteiger partial charge in [-0.05, 0) is 19.8 Å². The topological polar surface area (TPSA) is 29.5 Å². The van der Waals surface area contributed by atoms with E-state index in [1.54, 1.807) is 7.11 Å². The van der Waals surface area contributed by atoms with Crippen LogP contribution >= 0.6 is 0 Å². The molecule has 0 spiro atoms. The second-order valence-corrected chi connectivity index (χ2v) is 3.53. The summed E-state index contributed by atoms with van der Waals surface area (Å²) in [7, 11) is 1.74. The second-order valence-electron chi connectivity index (χ2n) is 3.53. The number of unbranched alkanes of at least 4 members (excludes halogenated alkanes) is 1. The molecule has 0 aliphatic rings. The summed E-state index contributed by atoms with van der Waals surface area (Å²) in [6.07, 6.45) is 8.16. The minimum atomic E-state index is -0.148. The maximum atomic E-state index is 8.62. The third kappa shape index (κ3) is 5.83. The molecule has 0 aromatic heterocycles. The molecule has 0 rings (SSSR count). The smallest absolute Gasteiger partial charge is 0.0830 e. The minimum absolute atomic E-state index is 0.148. The van der Waals surface area contributed by atoms with Crippen molar-refractivity contribution in [3.63, 3.8) is 0 Å². The van der Waals surface area contributed by atoms with E-state index in [1.165, 1.54) is 12.8 Å².